The first-order chi connectivity index (χ1) is 8.18. The average molecular weight is 229 g/mol. The second kappa shape index (κ2) is 3.88. The summed E-state index contributed by atoms with van der Waals surface area (Å²) < 4.78 is 5.78. The minimum atomic E-state index is 0.352. The smallest absolute Gasteiger partial charge is 0.134 e. The van der Waals surface area contributed by atoms with Crippen molar-refractivity contribution in [2.24, 2.45) is 0 Å². The third kappa shape index (κ3) is 1.87. The van der Waals surface area contributed by atoms with Gasteiger partial charge in [0, 0.05) is 23.0 Å². The standard InChI is InChI=1S/C15H19NO/c1-11-13(10-16-15(2)8-5-9-15)12-6-3-4-7-14(12)17-11/h3-4,6-7,16H,5,8-10H2,1-2H3. The zero-order valence-electron chi connectivity index (χ0n) is 10.5. The number of para-hydroxylation sites is 1. The number of aryl methyl sites for hydroxylation is 1. The number of furan rings is 1. The third-order valence-corrected chi connectivity index (χ3v) is 4.05. The van der Waals surface area contributed by atoms with Gasteiger partial charge in [0.15, 0.2) is 0 Å². The predicted octanol–water partition coefficient (Wildman–Crippen LogP) is 3.77. The summed E-state index contributed by atoms with van der Waals surface area (Å²) in [4.78, 5) is 0. The van der Waals surface area contributed by atoms with Crippen LogP contribution in [0, 0.1) is 6.92 Å². The van der Waals surface area contributed by atoms with Crippen LogP contribution >= 0.6 is 0 Å². The molecule has 2 heteroatoms. The maximum atomic E-state index is 5.78. The highest BCUT2D eigenvalue weighted by molar-refractivity contribution is 5.82. The summed E-state index contributed by atoms with van der Waals surface area (Å²) in [6.07, 6.45) is 3.94. The molecule has 0 amide bonds. The van der Waals surface area contributed by atoms with E-state index in [9.17, 15) is 0 Å². The van der Waals surface area contributed by atoms with Gasteiger partial charge in [0.05, 0.1) is 0 Å². The number of benzene rings is 1. The second-order valence-corrected chi connectivity index (χ2v) is 5.40. The van der Waals surface area contributed by atoms with E-state index in [0.717, 1.165) is 17.9 Å². The van der Waals surface area contributed by atoms with Gasteiger partial charge in [-0.05, 0) is 39.2 Å². The fourth-order valence-electron chi connectivity index (χ4n) is 2.63. The van der Waals surface area contributed by atoms with Crippen molar-refractivity contribution >= 4 is 11.0 Å². The second-order valence-electron chi connectivity index (χ2n) is 5.40. The van der Waals surface area contributed by atoms with Gasteiger partial charge in [0.2, 0.25) is 0 Å². The van der Waals surface area contributed by atoms with Crippen molar-refractivity contribution < 1.29 is 4.42 Å². The molecule has 90 valence electrons. The van der Waals surface area contributed by atoms with Crippen LogP contribution in [0.4, 0.5) is 0 Å². The van der Waals surface area contributed by atoms with Crippen LogP contribution in [0.2, 0.25) is 0 Å². The van der Waals surface area contributed by atoms with Crippen LogP contribution in [0.5, 0.6) is 0 Å². The number of hydrogen-bond acceptors (Lipinski definition) is 2. The molecule has 1 aromatic carbocycles. The molecule has 1 aliphatic carbocycles. The molecule has 17 heavy (non-hydrogen) atoms. The lowest BCUT2D eigenvalue weighted by Gasteiger charge is -2.39. The summed E-state index contributed by atoms with van der Waals surface area (Å²) in [5.41, 5.74) is 2.67. The molecule has 0 atom stereocenters. The Hall–Kier alpha value is -1.28. The van der Waals surface area contributed by atoms with Crippen molar-refractivity contribution in [3.63, 3.8) is 0 Å². The quantitative estimate of drug-likeness (QED) is 0.866. The van der Waals surface area contributed by atoms with Crippen molar-refractivity contribution in [1.29, 1.82) is 0 Å². The molecule has 3 rings (SSSR count). The van der Waals surface area contributed by atoms with E-state index < -0.39 is 0 Å². The first-order valence-corrected chi connectivity index (χ1v) is 6.40. The molecule has 0 unspecified atom stereocenters. The summed E-state index contributed by atoms with van der Waals surface area (Å²) in [6.45, 7) is 5.29. The molecule has 1 saturated carbocycles. The molecule has 2 aromatic rings. The summed E-state index contributed by atoms with van der Waals surface area (Å²) in [5, 5.41) is 4.92. The van der Waals surface area contributed by atoms with E-state index in [1.54, 1.807) is 0 Å². The fourth-order valence-corrected chi connectivity index (χ4v) is 2.63. The Morgan fingerprint density at radius 1 is 1.29 bits per heavy atom. The van der Waals surface area contributed by atoms with Crippen LogP contribution < -0.4 is 5.32 Å². The van der Waals surface area contributed by atoms with E-state index in [4.69, 9.17) is 4.42 Å². The summed E-state index contributed by atoms with van der Waals surface area (Å²) in [7, 11) is 0. The number of fused-ring (bicyclic) bond motifs is 1. The molecule has 0 bridgehead atoms. The molecule has 1 fully saturated rings. The number of rotatable bonds is 3. The Bertz CT molecular complexity index is 537. The van der Waals surface area contributed by atoms with Crippen LogP contribution in [0.25, 0.3) is 11.0 Å². The summed E-state index contributed by atoms with van der Waals surface area (Å²) >= 11 is 0. The molecule has 1 heterocycles. The first kappa shape index (κ1) is 10.8. The van der Waals surface area contributed by atoms with Gasteiger partial charge in [0.25, 0.3) is 0 Å². The van der Waals surface area contributed by atoms with Crippen molar-refractivity contribution in [3.05, 3.63) is 35.6 Å². The Morgan fingerprint density at radius 2 is 2.06 bits per heavy atom. The van der Waals surface area contributed by atoms with Gasteiger partial charge in [-0.25, -0.2) is 0 Å². The Balaban J connectivity index is 1.86. The zero-order valence-corrected chi connectivity index (χ0v) is 10.5. The van der Waals surface area contributed by atoms with Gasteiger partial charge >= 0.3 is 0 Å². The van der Waals surface area contributed by atoms with Gasteiger partial charge in [-0.3, -0.25) is 0 Å². The molecule has 1 aliphatic rings. The minimum absolute atomic E-state index is 0.352. The van der Waals surface area contributed by atoms with Gasteiger partial charge in [-0.2, -0.15) is 0 Å². The molecule has 1 N–H and O–H groups in total. The lowest BCUT2D eigenvalue weighted by molar-refractivity contribution is 0.206. The van der Waals surface area contributed by atoms with Gasteiger partial charge in [-0.15, -0.1) is 0 Å². The van der Waals surface area contributed by atoms with E-state index in [2.05, 4.69) is 31.3 Å². The number of nitrogens with one attached hydrogen (secondary N) is 1. The molecule has 0 saturated heterocycles. The maximum Gasteiger partial charge on any atom is 0.134 e. The first-order valence-electron chi connectivity index (χ1n) is 6.40. The topological polar surface area (TPSA) is 25.2 Å². The summed E-state index contributed by atoms with van der Waals surface area (Å²) in [5.74, 6) is 1.04. The third-order valence-electron chi connectivity index (χ3n) is 4.05. The predicted molar refractivity (Wildman–Crippen MR) is 70.0 cm³/mol. The van der Waals surface area contributed by atoms with Gasteiger partial charge in [0.1, 0.15) is 11.3 Å². The average Bonchev–Trinajstić information content (AvgIpc) is 2.60. The van der Waals surface area contributed by atoms with Gasteiger partial charge < -0.3 is 9.73 Å². The maximum absolute atomic E-state index is 5.78. The van der Waals surface area contributed by atoms with Crippen molar-refractivity contribution in [2.45, 2.75) is 45.2 Å². The van der Waals surface area contributed by atoms with Crippen molar-refractivity contribution in [1.82, 2.24) is 5.32 Å². The Labute approximate surface area is 102 Å². The van der Waals surface area contributed by atoms with Crippen LogP contribution in [0.1, 0.15) is 37.5 Å². The van der Waals surface area contributed by atoms with E-state index >= 15 is 0 Å². The Kier molecular flexibility index (Phi) is 2.48. The van der Waals surface area contributed by atoms with E-state index in [1.807, 2.05) is 12.1 Å². The number of hydrogen-bond donors (Lipinski definition) is 1. The molecule has 0 spiro atoms. The lowest BCUT2D eigenvalue weighted by atomic mass is 9.78. The lowest BCUT2D eigenvalue weighted by Crippen LogP contribution is -2.47. The minimum Gasteiger partial charge on any atom is -0.461 e. The van der Waals surface area contributed by atoms with Crippen molar-refractivity contribution in [2.75, 3.05) is 0 Å². The van der Waals surface area contributed by atoms with Crippen molar-refractivity contribution in [3.8, 4) is 0 Å². The molecule has 0 radical (unpaired) electrons. The SMILES string of the molecule is Cc1oc2ccccc2c1CNC1(C)CCC1. The van der Waals surface area contributed by atoms with Crippen LogP contribution in [0.3, 0.4) is 0 Å². The highest BCUT2D eigenvalue weighted by Crippen LogP contribution is 2.32. The summed E-state index contributed by atoms with van der Waals surface area (Å²) in [6, 6.07) is 8.28. The highest BCUT2D eigenvalue weighted by atomic mass is 16.3. The largest absolute Gasteiger partial charge is 0.461 e. The van der Waals surface area contributed by atoms with Crippen LogP contribution in [-0.4, -0.2) is 5.54 Å². The normalized spacial score (nSPS) is 18.2. The Morgan fingerprint density at radius 3 is 2.76 bits per heavy atom. The molecule has 2 nitrogen and oxygen atoms in total. The molecular formula is C15H19NO. The van der Waals surface area contributed by atoms with Crippen LogP contribution in [0.15, 0.2) is 28.7 Å². The molecular weight excluding hydrogens is 210 g/mol. The van der Waals surface area contributed by atoms with E-state index in [0.29, 0.717) is 5.54 Å². The monoisotopic (exact) mass is 229 g/mol. The van der Waals surface area contributed by atoms with Crippen LogP contribution in [-0.2, 0) is 6.54 Å². The zero-order chi connectivity index (χ0) is 11.9. The van der Waals surface area contributed by atoms with E-state index in [-0.39, 0.29) is 0 Å². The highest BCUT2D eigenvalue weighted by Gasteiger charge is 2.31. The van der Waals surface area contributed by atoms with E-state index in [1.165, 1.54) is 30.2 Å². The van der Waals surface area contributed by atoms with Gasteiger partial charge in [-0.1, -0.05) is 18.2 Å². The molecule has 1 aromatic heterocycles. The fraction of sp³-hybridized carbons (Fsp3) is 0.467. The molecule has 0 aliphatic heterocycles.